The van der Waals surface area contributed by atoms with Gasteiger partial charge in [0.15, 0.2) is 0 Å². The van der Waals surface area contributed by atoms with Crippen molar-refractivity contribution in [2.75, 3.05) is 5.32 Å². The van der Waals surface area contributed by atoms with Gasteiger partial charge in [0.05, 0.1) is 17.4 Å². The van der Waals surface area contributed by atoms with Crippen LogP contribution in [0.2, 0.25) is 0 Å². The monoisotopic (exact) mass is 322 g/mol. The van der Waals surface area contributed by atoms with Crippen molar-refractivity contribution >= 4 is 11.6 Å². The largest absolute Gasteiger partial charge is 0.488 e. The SMILES string of the molecule is O=C(Nc1cccnc1)c1ccccc1OCc1ccccc1F. The Hall–Kier alpha value is -3.21. The van der Waals surface area contributed by atoms with Gasteiger partial charge in [-0.15, -0.1) is 0 Å². The predicted molar refractivity (Wildman–Crippen MR) is 89.4 cm³/mol. The first-order valence-electron chi connectivity index (χ1n) is 7.40. The minimum absolute atomic E-state index is 0.0455. The lowest BCUT2D eigenvalue weighted by molar-refractivity contribution is 0.102. The second-order valence-electron chi connectivity index (χ2n) is 5.07. The maximum atomic E-state index is 13.7. The number of ether oxygens (including phenoxy) is 1. The number of pyridine rings is 1. The molecule has 0 unspecified atom stereocenters. The molecule has 1 heterocycles. The molecule has 5 heteroatoms. The summed E-state index contributed by atoms with van der Waals surface area (Å²) in [6.45, 7) is 0.0455. The third-order valence-electron chi connectivity index (χ3n) is 3.39. The fourth-order valence-electron chi connectivity index (χ4n) is 2.19. The molecular weight excluding hydrogens is 307 g/mol. The van der Waals surface area contributed by atoms with Crippen molar-refractivity contribution in [3.8, 4) is 5.75 Å². The molecule has 3 rings (SSSR count). The first-order valence-corrected chi connectivity index (χ1v) is 7.40. The number of amides is 1. The number of carbonyl (C=O) groups excluding carboxylic acids is 1. The van der Waals surface area contributed by atoms with Crippen molar-refractivity contribution in [1.29, 1.82) is 0 Å². The van der Waals surface area contributed by atoms with Gasteiger partial charge in [-0.2, -0.15) is 0 Å². The molecule has 0 aliphatic carbocycles. The number of benzene rings is 2. The Morgan fingerprint density at radius 2 is 1.83 bits per heavy atom. The standard InChI is InChI=1S/C19H15FN2O2/c20-17-9-3-1-6-14(17)13-24-18-10-4-2-8-16(18)19(23)22-15-7-5-11-21-12-15/h1-12H,13H2,(H,22,23). The summed E-state index contributed by atoms with van der Waals surface area (Å²) >= 11 is 0. The van der Waals surface area contributed by atoms with Crippen molar-refractivity contribution in [2.45, 2.75) is 6.61 Å². The van der Waals surface area contributed by atoms with E-state index in [1.54, 1.807) is 67.0 Å². The summed E-state index contributed by atoms with van der Waals surface area (Å²) in [5, 5.41) is 2.75. The number of rotatable bonds is 5. The molecular formula is C19H15FN2O2. The van der Waals surface area contributed by atoms with Gasteiger partial charge < -0.3 is 10.1 Å². The quantitative estimate of drug-likeness (QED) is 0.771. The summed E-state index contributed by atoms with van der Waals surface area (Å²) in [7, 11) is 0. The molecule has 1 N–H and O–H groups in total. The van der Waals surface area contributed by atoms with Gasteiger partial charge in [0, 0.05) is 11.8 Å². The van der Waals surface area contributed by atoms with E-state index in [-0.39, 0.29) is 18.3 Å². The molecule has 24 heavy (non-hydrogen) atoms. The molecule has 0 bridgehead atoms. The average molecular weight is 322 g/mol. The highest BCUT2D eigenvalue weighted by Crippen LogP contribution is 2.21. The Bertz CT molecular complexity index is 838. The minimum atomic E-state index is -0.338. The summed E-state index contributed by atoms with van der Waals surface area (Å²) in [6.07, 6.45) is 3.18. The van der Waals surface area contributed by atoms with E-state index in [1.807, 2.05) is 0 Å². The van der Waals surface area contributed by atoms with E-state index in [0.29, 0.717) is 22.6 Å². The zero-order valence-electron chi connectivity index (χ0n) is 12.8. The lowest BCUT2D eigenvalue weighted by atomic mass is 10.1. The smallest absolute Gasteiger partial charge is 0.259 e. The molecule has 1 amide bonds. The number of nitrogens with one attached hydrogen (secondary N) is 1. The minimum Gasteiger partial charge on any atom is -0.488 e. The third-order valence-corrected chi connectivity index (χ3v) is 3.39. The van der Waals surface area contributed by atoms with Crippen LogP contribution in [0.25, 0.3) is 0 Å². The second-order valence-corrected chi connectivity index (χ2v) is 5.07. The summed E-state index contributed by atoms with van der Waals surface area (Å²) < 4.78 is 19.3. The van der Waals surface area contributed by atoms with Crippen LogP contribution in [0.3, 0.4) is 0 Å². The fourth-order valence-corrected chi connectivity index (χ4v) is 2.19. The van der Waals surface area contributed by atoms with Gasteiger partial charge in [-0.1, -0.05) is 30.3 Å². The average Bonchev–Trinajstić information content (AvgIpc) is 2.62. The zero-order chi connectivity index (χ0) is 16.8. The highest BCUT2D eigenvalue weighted by atomic mass is 19.1. The van der Waals surface area contributed by atoms with Crippen molar-refractivity contribution in [3.05, 3.63) is 90.0 Å². The van der Waals surface area contributed by atoms with Crippen LogP contribution in [0.4, 0.5) is 10.1 Å². The van der Waals surface area contributed by atoms with Gasteiger partial charge in [0.1, 0.15) is 18.2 Å². The lowest BCUT2D eigenvalue weighted by Crippen LogP contribution is -2.13. The number of carbonyl (C=O) groups is 1. The molecule has 0 aliphatic heterocycles. The van der Waals surface area contributed by atoms with Gasteiger partial charge in [-0.3, -0.25) is 9.78 Å². The third kappa shape index (κ3) is 3.76. The van der Waals surface area contributed by atoms with E-state index in [2.05, 4.69) is 10.3 Å². The Morgan fingerprint density at radius 1 is 1.04 bits per heavy atom. The highest BCUT2D eigenvalue weighted by Gasteiger charge is 2.13. The van der Waals surface area contributed by atoms with Crippen LogP contribution < -0.4 is 10.1 Å². The van der Waals surface area contributed by atoms with Gasteiger partial charge >= 0.3 is 0 Å². The van der Waals surface area contributed by atoms with Crippen LogP contribution in [-0.4, -0.2) is 10.9 Å². The number of hydrogen-bond donors (Lipinski definition) is 1. The van der Waals surface area contributed by atoms with Crippen molar-refractivity contribution in [1.82, 2.24) is 4.98 Å². The maximum Gasteiger partial charge on any atom is 0.259 e. The predicted octanol–water partition coefficient (Wildman–Crippen LogP) is 4.05. The number of para-hydroxylation sites is 1. The van der Waals surface area contributed by atoms with Gasteiger partial charge in [0.2, 0.25) is 0 Å². The summed E-state index contributed by atoms with van der Waals surface area (Å²) in [5.41, 5.74) is 1.39. The van der Waals surface area contributed by atoms with E-state index in [9.17, 15) is 9.18 Å². The van der Waals surface area contributed by atoms with Crippen LogP contribution >= 0.6 is 0 Å². The summed E-state index contributed by atoms with van der Waals surface area (Å²) in [4.78, 5) is 16.4. The molecule has 0 spiro atoms. The lowest BCUT2D eigenvalue weighted by Gasteiger charge is -2.12. The van der Waals surface area contributed by atoms with Crippen LogP contribution in [0.5, 0.6) is 5.75 Å². The van der Waals surface area contributed by atoms with Crippen molar-refractivity contribution in [3.63, 3.8) is 0 Å². The number of anilines is 1. The van der Waals surface area contributed by atoms with Crippen LogP contribution in [0, 0.1) is 5.82 Å². The molecule has 1 aromatic heterocycles. The van der Waals surface area contributed by atoms with Gasteiger partial charge in [-0.05, 0) is 30.3 Å². The second kappa shape index (κ2) is 7.37. The Labute approximate surface area is 138 Å². The first-order chi connectivity index (χ1) is 11.7. The molecule has 4 nitrogen and oxygen atoms in total. The van der Waals surface area contributed by atoms with E-state index < -0.39 is 0 Å². The molecule has 0 aliphatic rings. The molecule has 0 saturated carbocycles. The molecule has 0 radical (unpaired) electrons. The topological polar surface area (TPSA) is 51.2 Å². The van der Waals surface area contributed by atoms with Gasteiger partial charge in [-0.25, -0.2) is 4.39 Å². The Morgan fingerprint density at radius 3 is 2.62 bits per heavy atom. The fraction of sp³-hybridized carbons (Fsp3) is 0.0526. The molecule has 3 aromatic rings. The number of hydrogen-bond acceptors (Lipinski definition) is 3. The number of halogens is 1. The Balaban J connectivity index is 1.75. The van der Waals surface area contributed by atoms with Crippen molar-refractivity contribution in [2.24, 2.45) is 0 Å². The normalized spacial score (nSPS) is 10.2. The van der Waals surface area contributed by atoms with Crippen LogP contribution in [-0.2, 0) is 6.61 Å². The first kappa shape index (κ1) is 15.7. The van der Waals surface area contributed by atoms with E-state index >= 15 is 0 Å². The molecule has 0 atom stereocenters. The number of aromatic nitrogens is 1. The maximum absolute atomic E-state index is 13.7. The van der Waals surface area contributed by atoms with E-state index in [1.165, 1.54) is 6.07 Å². The zero-order valence-corrected chi connectivity index (χ0v) is 12.8. The molecule has 0 fully saturated rings. The molecule has 0 saturated heterocycles. The van der Waals surface area contributed by atoms with Crippen LogP contribution in [0.1, 0.15) is 15.9 Å². The highest BCUT2D eigenvalue weighted by molar-refractivity contribution is 6.06. The molecule has 120 valence electrons. The molecule has 2 aromatic carbocycles. The number of nitrogens with zero attached hydrogens (tertiary/aromatic N) is 1. The summed E-state index contributed by atoms with van der Waals surface area (Å²) in [5.74, 6) is -0.260. The van der Waals surface area contributed by atoms with Crippen molar-refractivity contribution < 1.29 is 13.9 Å². The van der Waals surface area contributed by atoms with E-state index in [0.717, 1.165) is 0 Å². The van der Waals surface area contributed by atoms with Crippen LogP contribution in [0.15, 0.2) is 73.1 Å². The van der Waals surface area contributed by atoms with Gasteiger partial charge in [0.25, 0.3) is 5.91 Å². The Kier molecular flexibility index (Phi) is 4.81. The summed E-state index contributed by atoms with van der Waals surface area (Å²) in [6, 6.07) is 16.7. The van der Waals surface area contributed by atoms with E-state index in [4.69, 9.17) is 4.74 Å².